The Morgan fingerprint density at radius 1 is 1.05 bits per heavy atom. The van der Waals surface area contributed by atoms with Crippen molar-refractivity contribution in [1.82, 2.24) is 19.5 Å². The number of aromatic nitrogens is 4. The zero-order chi connectivity index (χ0) is 29.4. The Balaban J connectivity index is 1.47. The monoisotopic (exact) mass is 602 g/mol. The number of fused-ring (bicyclic) bond motifs is 1. The van der Waals surface area contributed by atoms with Gasteiger partial charge in [0.15, 0.2) is 0 Å². The number of ether oxygens (including phenoxy) is 1. The van der Waals surface area contributed by atoms with Gasteiger partial charge < -0.3 is 25.0 Å². The zero-order valence-corrected chi connectivity index (χ0v) is 23.5. The number of benzene rings is 1. The second-order valence-electron chi connectivity index (χ2n) is 9.90. The van der Waals surface area contributed by atoms with Crippen molar-refractivity contribution in [3.05, 3.63) is 111 Å². The predicted octanol–water partition coefficient (Wildman–Crippen LogP) is 5.20. The highest BCUT2D eigenvalue weighted by Gasteiger charge is 2.36. The van der Waals surface area contributed by atoms with E-state index < -0.39 is 17.0 Å². The first-order valence-electron chi connectivity index (χ1n) is 13.0. The van der Waals surface area contributed by atoms with E-state index in [-0.39, 0.29) is 24.0 Å². The molecule has 1 unspecified atom stereocenters. The third-order valence-electron chi connectivity index (χ3n) is 7.32. The van der Waals surface area contributed by atoms with Gasteiger partial charge in [0.2, 0.25) is 11.3 Å². The molecule has 5 heterocycles. The van der Waals surface area contributed by atoms with Crippen molar-refractivity contribution in [1.29, 1.82) is 0 Å². The molecule has 1 fully saturated rings. The molecule has 5 aromatic rings. The van der Waals surface area contributed by atoms with E-state index in [9.17, 15) is 14.7 Å². The highest BCUT2D eigenvalue weighted by atomic mass is 35.5. The van der Waals surface area contributed by atoms with Crippen LogP contribution in [0.5, 0.6) is 5.88 Å². The van der Waals surface area contributed by atoms with Gasteiger partial charge in [0.25, 0.3) is 0 Å². The van der Waals surface area contributed by atoms with Crippen LogP contribution < -0.4 is 20.8 Å². The number of hydrogen-bond donors (Lipinski definition) is 2. The summed E-state index contributed by atoms with van der Waals surface area (Å²) in [6.45, 7) is 0.841. The average Bonchev–Trinajstić information content (AvgIpc) is 3.42. The summed E-state index contributed by atoms with van der Waals surface area (Å²) >= 11 is 13.1. The Morgan fingerprint density at radius 3 is 2.60 bits per heavy atom. The van der Waals surface area contributed by atoms with Crippen LogP contribution in [-0.4, -0.2) is 49.8 Å². The van der Waals surface area contributed by atoms with Crippen LogP contribution >= 0.6 is 23.2 Å². The highest BCUT2D eigenvalue weighted by Crippen LogP contribution is 2.40. The summed E-state index contributed by atoms with van der Waals surface area (Å²) in [5.41, 5.74) is 7.34. The summed E-state index contributed by atoms with van der Waals surface area (Å²) in [6, 6.07) is 15.7. The van der Waals surface area contributed by atoms with E-state index in [1.807, 2.05) is 18.2 Å². The number of rotatable bonds is 7. The third kappa shape index (κ3) is 5.22. The lowest BCUT2D eigenvalue weighted by Gasteiger charge is -2.28. The summed E-state index contributed by atoms with van der Waals surface area (Å²) in [6.07, 6.45) is 6.89. The van der Waals surface area contributed by atoms with Crippen LogP contribution in [0.4, 0.5) is 11.5 Å². The molecule has 10 nitrogen and oxygen atoms in total. The van der Waals surface area contributed by atoms with Crippen molar-refractivity contribution in [3.8, 4) is 11.6 Å². The summed E-state index contributed by atoms with van der Waals surface area (Å²) in [5, 5.41) is 10.6. The number of pyridine rings is 4. The fourth-order valence-electron chi connectivity index (χ4n) is 5.31. The maximum absolute atomic E-state index is 13.2. The van der Waals surface area contributed by atoms with E-state index in [4.69, 9.17) is 33.7 Å². The normalized spacial score (nSPS) is 16.6. The molecule has 212 valence electrons. The van der Waals surface area contributed by atoms with E-state index in [0.29, 0.717) is 51.6 Å². The Kier molecular flexibility index (Phi) is 7.40. The van der Waals surface area contributed by atoms with Gasteiger partial charge in [-0.2, -0.15) is 0 Å². The number of nitrogens with two attached hydrogens (primary N) is 1. The SMILES string of the molecule is Nc1ccc(-n2cc(C(=O)O)c(=O)c3cc(Cl)c(N4CC(c5ccccn5)C[C@@H]4COc4ncccc4Cl)cc32)cn1. The van der Waals surface area contributed by atoms with Crippen LogP contribution in [0.25, 0.3) is 16.6 Å². The molecular formula is C30H24Cl2N6O4. The van der Waals surface area contributed by atoms with Gasteiger partial charge in [-0.05, 0) is 55.0 Å². The lowest BCUT2D eigenvalue weighted by atomic mass is 10.0. The highest BCUT2D eigenvalue weighted by molar-refractivity contribution is 6.34. The first-order chi connectivity index (χ1) is 20.3. The molecule has 0 amide bonds. The van der Waals surface area contributed by atoms with Crippen LogP contribution in [-0.2, 0) is 0 Å². The van der Waals surface area contributed by atoms with Crippen LogP contribution in [0.1, 0.15) is 28.4 Å². The fourth-order valence-corrected chi connectivity index (χ4v) is 5.76. The molecule has 4 aromatic heterocycles. The topological polar surface area (TPSA) is 136 Å². The quantitative estimate of drug-likeness (QED) is 0.257. The molecule has 2 atom stereocenters. The molecular weight excluding hydrogens is 579 g/mol. The van der Waals surface area contributed by atoms with Gasteiger partial charge in [0.1, 0.15) is 23.0 Å². The summed E-state index contributed by atoms with van der Waals surface area (Å²) in [7, 11) is 0. The molecule has 1 saturated heterocycles. The maximum Gasteiger partial charge on any atom is 0.341 e. The number of hydrogen-bond acceptors (Lipinski definition) is 8. The molecule has 1 aromatic carbocycles. The number of nitrogens with zero attached hydrogens (tertiary/aromatic N) is 5. The zero-order valence-electron chi connectivity index (χ0n) is 22.0. The Labute approximate surface area is 249 Å². The van der Waals surface area contributed by atoms with Crippen molar-refractivity contribution in [3.63, 3.8) is 0 Å². The van der Waals surface area contributed by atoms with Gasteiger partial charge in [0.05, 0.1) is 34.2 Å². The number of carboxylic acids is 1. The van der Waals surface area contributed by atoms with Gasteiger partial charge in [-0.15, -0.1) is 0 Å². The van der Waals surface area contributed by atoms with Crippen LogP contribution in [0.15, 0.2) is 84.2 Å². The van der Waals surface area contributed by atoms with E-state index in [1.165, 1.54) is 18.5 Å². The largest absolute Gasteiger partial charge is 0.477 e. The molecule has 0 bridgehead atoms. The molecule has 42 heavy (non-hydrogen) atoms. The molecule has 0 saturated carbocycles. The van der Waals surface area contributed by atoms with E-state index in [0.717, 1.165) is 5.69 Å². The summed E-state index contributed by atoms with van der Waals surface area (Å²) < 4.78 is 7.67. The third-order valence-corrected chi connectivity index (χ3v) is 7.91. The minimum Gasteiger partial charge on any atom is -0.477 e. The second kappa shape index (κ2) is 11.3. The number of carbonyl (C=O) groups is 1. The lowest BCUT2D eigenvalue weighted by molar-refractivity contribution is 0.0695. The van der Waals surface area contributed by atoms with E-state index >= 15 is 0 Å². The second-order valence-corrected chi connectivity index (χ2v) is 10.7. The minimum absolute atomic E-state index is 0.0728. The Hall–Kier alpha value is -4.67. The van der Waals surface area contributed by atoms with Gasteiger partial charge in [0, 0.05) is 42.1 Å². The number of nitrogen functional groups attached to an aromatic ring is 1. The minimum atomic E-state index is -1.35. The van der Waals surface area contributed by atoms with Crippen molar-refractivity contribution in [2.45, 2.75) is 18.4 Å². The van der Waals surface area contributed by atoms with Crippen molar-refractivity contribution in [2.75, 3.05) is 23.8 Å². The standard InChI is InChI=1S/C30H24Cl2N6O4/c31-22-4-3-9-35-29(22)42-16-19-10-17(24-5-1-2-8-34-24)14-37(19)26-12-25-20(11-23(26)32)28(39)21(30(40)41)15-38(25)18-6-7-27(33)36-13-18/h1-9,11-13,15,17,19H,10,14,16H2,(H2,33,36)(H,40,41)/t17?,19-/m1/s1. The van der Waals surface area contributed by atoms with Crippen LogP contribution in [0.2, 0.25) is 10.0 Å². The fraction of sp³-hybridized carbons (Fsp3) is 0.167. The molecule has 12 heteroatoms. The molecule has 3 N–H and O–H groups in total. The number of anilines is 2. The van der Waals surface area contributed by atoms with Gasteiger partial charge in [-0.25, -0.2) is 14.8 Å². The maximum atomic E-state index is 13.2. The Morgan fingerprint density at radius 2 is 1.88 bits per heavy atom. The van der Waals surface area contributed by atoms with E-state index in [1.54, 1.807) is 47.3 Å². The average molecular weight is 603 g/mol. The molecule has 0 spiro atoms. The van der Waals surface area contributed by atoms with Crippen LogP contribution in [0, 0.1) is 0 Å². The van der Waals surface area contributed by atoms with Gasteiger partial charge >= 0.3 is 5.97 Å². The molecule has 1 aliphatic rings. The summed E-state index contributed by atoms with van der Waals surface area (Å²) in [4.78, 5) is 40.3. The molecule has 0 aliphatic carbocycles. The van der Waals surface area contributed by atoms with Gasteiger partial charge in [-0.3, -0.25) is 9.78 Å². The Bertz CT molecular complexity index is 1850. The number of carboxylic acid groups (broad SMARTS) is 1. The molecule has 6 rings (SSSR count). The van der Waals surface area contributed by atoms with E-state index in [2.05, 4.69) is 19.9 Å². The van der Waals surface area contributed by atoms with Gasteiger partial charge in [-0.1, -0.05) is 29.3 Å². The van der Waals surface area contributed by atoms with Crippen molar-refractivity contribution in [2.24, 2.45) is 0 Å². The number of halogens is 2. The summed E-state index contributed by atoms with van der Waals surface area (Å²) in [5.74, 6) is -0.637. The van der Waals surface area contributed by atoms with Crippen molar-refractivity contribution >= 4 is 51.6 Å². The smallest absolute Gasteiger partial charge is 0.341 e. The molecule has 1 aliphatic heterocycles. The first kappa shape index (κ1) is 27.5. The van der Waals surface area contributed by atoms with Crippen LogP contribution in [0.3, 0.4) is 0 Å². The van der Waals surface area contributed by atoms with Crippen molar-refractivity contribution < 1.29 is 14.6 Å². The predicted molar refractivity (Wildman–Crippen MR) is 161 cm³/mol. The number of aromatic carboxylic acids is 1. The lowest BCUT2D eigenvalue weighted by Crippen LogP contribution is -2.34. The molecule has 0 radical (unpaired) electrons. The first-order valence-corrected chi connectivity index (χ1v) is 13.8.